The van der Waals surface area contributed by atoms with Crippen LogP contribution in [0, 0.1) is 5.82 Å². The van der Waals surface area contributed by atoms with Crippen molar-refractivity contribution in [2.24, 2.45) is 0 Å². The van der Waals surface area contributed by atoms with Crippen LogP contribution in [0.1, 0.15) is 25.0 Å². The number of carbonyl (C=O) groups is 2. The third-order valence-electron chi connectivity index (χ3n) is 3.85. The summed E-state index contributed by atoms with van der Waals surface area (Å²) in [4.78, 5) is 25.7. The number of carbonyl (C=O) groups excluding carboxylic acids is 2. The largest absolute Gasteiger partial charge is 0.489 e. The van der Waals surface area contributed by atoms with Gasteiger partial charge in [0, 0.05) is 0 Å². The molecule has 1 aliphatic rings. The summed E-state index contributed by atoms with van der Waals surface area (Å²) in [6, 6.07) is 10.2. The van der Waals surface area contributed by atoms with Gasteiger partial charge in [-0.1, -0.05) is 29.8 Å². The summed E-state index contributed by atoms with van der Waals surface area (Å²) in [5, 5.41) is 2.97. The van der Waals surface area contributed by atoms with Gasteiger partial charge in [0.2, 0.25) is 0 Å². The number of amides is 3. The Morgan fingerprint density at radius 2 is 1.89 bits per heavy atom. The molecule has 3 amide bonds. The van der Waals surface area contributed by atoms with Gasteiger partial charge >= 0.3 is 6.03 Å². The third-order valence-corrected chi connectivity index (χ3v) is 4.14. The van der Waals surface area contributed by atoms with E-state index in [2.05, 4.69) is 5.32 Å². The third kappa shape index (κ3) is 4.46. The first-order valence-electron chi connectivity index (χ1n) is 8.38. The zero-order valence-corrected chi connectivity index (χ0v) is 15.6. The van der Waals surface area contributed by atoms with E-state index in [1.807, 2.05) is 13.8 Å². The summed E-state index contributed by atoms with van der Waals surface area (Å²) in [5.74, 6) is -0.283. The van der Waals surface area contributed by atoms with Crippen LogP contribution < -0.4 is 10.1 Å². The molecule has 1 N–H and O–H groups in total. The van der Waals surface area contributed by atoms with Crippen LogP contribution in [-0.4, -0.2) is 22.9 Å². The summed E-state index contributed by atoms with van der Waals surface area (Å²) in [6.45, 7) is 3.85. The fourth-order valence-electron chi connectivity index (χ4n) is 2.61. The number of nitrogens with zero attached hydrogens (tertiary/aromatic N) is 1. The minimum atomic E-state index is -0.526. The van der Waals surface area contributed by atoms with E-state index in [9.17, 15) is 14.0 Å². The molecule has 1 aliphatic heterocycles. The number of imide groups is 1. The maximum atomic E-state index is 13.0. The van der Waals surface area contributed by atoms with Crippen LogP contribution in [0.25, 0.3) is 6.08 Å². The monoisotopic (exact) mass is 388 g/mol. The lowest BCUT2D eigenvalue weighted by atomic mass is 10.1. The summed E-state index contributed by atoms with van der Waals surface area (Å²) in [5.41, 5.74) is 1.46. The average Bonchev–Trinajstić information content (AvgIpc) is 2.86. The quantitative estimate of drug-likeness (QED) is 0.611. The van der Waals surface area contributed by atoms with Crippen molar-refractivity contribution >= 4 is 29.6 Å². The highest BCUT2D eigenvalue weighted by Gasteiger charge is 2.33. The van der Waals surface area contributed by atoms with Crippen LogP contribution in [0.15, 0.2) is 48.2 Å². The fourth-order valence-corrected chi connectivity index (χ4v) is 2.84. The van der Waals surface area contributed by atoms with Crippen LogP contribution in [0.2, 0.25) is 5.02 Å². The molecule has 2 aromatic carbocycles. The fraction of sp³-hybridized carbons (Fsp3) is 0.200. The van der Waals surface area contributed by atoms with Gasteiger partial charge in [0.05, 0.1) is 17.7 Å². The Labute approximate surface area is 161 Å². The number of nitrogens with one attached hydrogen (secondary N) is 1. The molecule has 0 aliphatic carbocycles. The Morgan fingerprint density at radius 3 is 2.52 bits per heavy atom. The lowest BCUT2D eigenvalue weighted by molar-refractivity contribution is -0.123. The molecule has 140 valence electrons. The molecule has 2 aromatic rings. The van der Waals surface area contributed by atoms with Gasteiger partial charge in [0.25, 0.3) is 5.91 Å². The van der Waals surface area contributed by atoms with Crippen LogP contribution in [0.3, 0.4) is 0 Å². The normalized spacial score (nSPS) is 15.6. The number of ether oxygens (including phenoxy) is 1. The molecule has 0 radical (unpaired) electrons. The lowest BCUT2D eigenvalue weighted by Gasteiger charge is -2.12. The summed E-state index contributed by atoms with van der Waals surface area (Å²) >= 11 is 6.21. The highest BCUT2D eigenvalue weighted by atomic mass is 35.5. The number of benzene rings is 2. The lowest BCUT2D eigenvalue weighted by Crippen LogP contribution is -2.30. The molecule has 1 heterocycles. The Bertz CT molecular complexity index is 910. The van der Waals surface area contributed by atoms with E-state index in [0.717, 1.165) is 4.90 Å². The van der Waals surface area contributed by atoms with Crippen LogP contribution >= 0.6 is 11.6 Å². The molecule has 0 saturated carbocycles. The standard InChI is InChI=1S/C20H18ClFN2O3/c1-12(2)27-18-8-5-14(9-16(18)21)10-17-19(25)24(20(26)23-17)11-13-3-6-15(22)7-4-13/h3-10,12H,11H2,1-2H3,(H,23,26)/b17-10+. The Morgan fingerprint density at radius 1 is 1.19 bits per heavy atom. The van der Waals surface area contributed by atoms with E-state index in [1.54, 1.807) is 24.3 Å². The van der Waals surface area contributed by atoms with E-state index < -0.39 is 11.9 Å². The van der Waals surface area contributed by atoms with Gasteiger partial charge in [0.1, 0.15) is 17.3 Å². The number of urea groups is 1. The molecule has 7 heteroatoms. The predicted molar refractivity (Wildman–Crippen MR) is 101 cm³/mol. The number of hydrogen-bond acceptors (Lipinski definition) is 3. The van der Waals surface area contributed by atoms with Crippen molar-refractivity contribution in [1.82, 2.24) is 10.2 Å². The zero-order chi connectivity index (χ0) is 19.6. The average molecular weight is 389 g/mol. The molecule has 0 aromatic heterocycles. The smallest absolute Gasteiger partial charge is 0.329 e. The molecule has 0 bridgehead atoms. The number of rotatable bonds is 5. The van der Waals surface area contributed by atoms with Gasteiger partial charge < -0.3 is 10.1 Å². The second-order valence-corrected chi connectivity index (χ2v) is 6.77. The molecule has 0 atom stereocenters. The van der Waals surface area contributed by atoms with E-state index in [1.165, 1.54) is 24.3 Å². The van der Waals surface area contributed by atoms with E-state index in [4.69, 9.17) is 16.3 Å². The van der Waals surface area contributed by atoms with Gasteiger partial charge in [0.15, 0.2) is 0 Å². The van der Waals surface area contributed by atoms with Crippen molar-refractivity contribution in [3.8, 4) is 5.75 Å². The SMILES string of the molecule is CC(C)Oc1ccc(/C=C2/NC(=O)N(Cc3ccc(F)cc3)C2=O)cc1Cl. The Balaban J connectivity index is 1.77. The van der Waals surface area contributed by atoms with Crippen LogP contribution in [0.4, 0.5) is 9.18 Å². The van der Waals surface area contributed by atoms with Crippen molar-refractivity contribution in [2.45, 2.75) is 26.5 Å². The first-order valence-corrected chi connectivity index (χ1v) is 8.76. The minimum absolute atomic E-state index is 0.0116. The maximum Gasteiger partial charge on any atom is 0.329 e. The van der Waals surface area contributed by atoms with E-state index >= 15 is 0 Å². The summed E-state index contributed by atoms with van der Waals surface area (Å²) in [7, 11) is 0. The zero-order valence-electron chi connectivity index (χ0n) is 14.8. The number of halogens is 2. The van der Waals surface area contributed by atoms with Crippen molar-refractivity contribution in [3.63, 3.8) is 0 Å². The molecule has 1 saturated heterocycles. The van der Waals surface area contributed by atoms with Crippen molar-refractivity contribution in [1.29, 1.82) is 0 Å². The predicted octanol–water partition coefficient (Wildman–Crippen LogP) is 4.36. The first kappa shape index (κ1) is 18.9. The molecule has 27 heavy (non-hydrogen) atoms. The summed E-state index contributed by atoms with van der Waals surface area (Å²) in [6.07, 6.45) is 1.54. The maximum absolute atomic E-state index is 13.0. The van der Waals surface area contributed by atoms with Crippen LogP contribution in [-0.2, 0) is 11.3 Å². The van der Waals surface area contributed by atoms with Gasteiger partial charge in [-0.25, -0.2) is 9.18 Å². The van der Waals surface area contributed by atoms with Crippen molar-refractivity contribution in [3.05, 3.63) is 70.1 Å². The van der Waals surface area contributed by atoms with Crippen LogP contribution in [0.5, 0.6) is 5.75 Å². The minimum Gasteiger partial charge on any atom is -0.489 e. The molecule has 5 nitrogen and oxygen atoms in total. The molecule has 3 rings (SSSR count). The van der Waals surface area contributed by atoms with Gasteiger partial charge in [-0.3, -0.25) is 9.69 Å². The number of hydrogen-bond donors (Lipinski definition) is 1. The molecule has 1 fully saturated rings. The van der Waals surface area contributed by atoms with Gasteiger partial charge in [-0.2, -0.15) is 0 Å². The Kier molecular flexibility index (Phi) is 5.46. The molecule has 0 unspecified atom stereocenters. The van der Waals surface area contributed by atoms with Crippen molar-refractivity contribution in [2.75, 3.05) is 0 Å². The van der Waals surface area contributed by atoms with Gasteiger partial charge in [-0.05, 0) is 55.3 Å². The van der Waals surface area contributed by atoms with Crippen molar-refractivity contribution < 1.29 is 18.7 Å². The second kappa shape index (κ2) is 7.80. The van der Waals surface area contributed by atoms with E-state index in [-0.39, 0.29) is 24.2 Å². The second-order valence-electron chi connectivity index (χ2n) is 6.36. The van der Waals surface area contributed by atoms with E-state index in [0.29, 0.717) is 21.9 Å². The topological polar surface area (TPSA) is 58.6 Å². The molecule has 0 spiro atoms. The highest BCUT2D eigenvalue weighted by Crippen LogP contribution is 2.28. The van der Waals surface area contributed by atoms with Gasteiger partial charge in [-0.15, -0.1) is 0 Å². The first-order chi connectivity index (χ1) is 12.8. The molecular weight excluding hydrogens is 371 g/mol. The molecular formula is C20H18ClFN2O3. The Hall–Kier alpha value is -2.86. The summed E-state index contributed by atoms with van der Waals surface area (Å²) < 4.78 is 18.6. The highest BCUT2D eigenvalue weighted by molar-refractivity contribution is 6.32.